The summed E-state index contributed by atoms with van der Waals surface area (Å²) in [6, 6.07) is 18.1. The summed E-state index contributed by atoms with van der Waals surface area (Å²) in [5.74, 6) is 0. The van der Waals surface area contributed by atoms with Crippen LogP contribution in [0, 0.1) is 6.07 Å². The summed E-state index contributed by atoms with van der Waals surface area (Å²) in [6.45, 7) is 0. The molecule has 2 heteroatoms. The average molecular weight is 411 g/mol. The van der Waals surface area contributed by atoms with E-state index in [1.165, 1.54) is 21.9 Å². The first-order chi connectivity index (χ1) is 8.43. The molecular formula is C16H10NPt-. The smallest absolute Gasteiger partial charge is 0.0167 e. The van der Waals surface area contributed by atoms with Crippen LogP contribution in [0.1, 0.15) is 11.1 Å². The van der Waals surface area contributed by atoms with E-state index in [1.54, 1.807) is 0 Å². The quantitative estimate of drug-likeness (QED) is 0.403. The zero-order valence-corrected chi connectivity index (χ0v) is 11.9. The van der Waals surface area contributed by atoms with Gasteiger partial charge in [0.25, 0.3) is 0 Å². The Kier molecular flexibility index (Phi) is 2.80. The van der Waals surface area contributed by atoms with Crippen LogP contribution in [0.3, 0.4) is 0 Å². The van der Waals surface area contributed by atoms with Gasteiger partial charge in [-0.15, -0.1) is 35.4 Å². The van der Waals surface area contributed by atoms with Gasteiger partial charge in [-0.3, -0.25) is 0 Å². The summed E-state index contributed by atoms with van der Waals surface area (Å²) in [5.41, 5.74) is 4.95. The van der Waals surface area contributed by atoms with E-state index in [0.29, 0.717) is 0 Å². The Morgan fingerprint density at radius 3 is 2.83 bits per heavy atom. The number of benzene rings is 2. The normalized spacial score (nSPS) is 11.8. The molecule has 0 saturated heterocycles. The van der Waals surface area contributed by atoms with Crippen LogP contribution in [0.15, 0.2) is 48.7 Å². The van der Waals surface area contributed by atoms with E-state index in [-0.39, 0.29) is 21.1 Å². The van der Waals surface area contributed by atoms with Crippen molar-refractivity contribution in [3.05, 3.63) is 65.9 Å². The van der Waals surface area contributed by atoms with Gasteiger partial charge in [-0.2, -0.15) is 0 Å². The Bertz CT molecular complexity index is 729. The summed E-state index contributed by atoms with van der Waals surface area (Å²) < 4.78 is 0. The fourth-order valence-corrected chi connectivity index (χ4v) is 2.69. The van der Waals surface area contributed by atoms with Crippen LogP contribution in [-0.4, -0.2) is 4.98 Å². The summed E-state index contributed by atoms with van der Waals surface area (Å²) in [7, 11) is 0. The Morgan fingerprint density at radius 2 is 1.89 bits per heavy atom. The third kappa shape index (κ3) is 1.54. The molecule has 0 bridgehead atoms. The van der Waals surface area contributed by atoms with E-state index in [9.17, 15) is 0 Å². The number of rotatable bonds is 0. The van der Waals surface area contributed by atoms with Gasteiger partial charge in [-0.25, -0.2) is 0 Å². The molecule has 1 aliphatic carbocycles. The molecule has 0 N–H and O–H groups in total. The van der Waals surface area contributed by atoms with Gasteiger partial charge in [0.05, 0.1) is 0 Å². The zero-order chi connectivity index (χ0) is 11.2. The van der Waals surface area contributed by atoms with E-state index in [4.69, 9.17) is 0 Å². The maximum Gasteiger partial charge on any atom is 0.0167 e. The number of fused-ring (bicyclic) bond motifs is 2. The van der Waals surface area contributed by atoms with Crippen LogP contribution in [0.2, 0.25) is 0 Å². The summed E-state index contributed by atoms with van der Waals surface area (Å²) in [6.07, 6.45) is 2.88. The number of aromatic nitrogens is 1. The SMILES string of the molecule is [Pt].[c-]1cccc2c1-c1nccc3cccc(c13)C2. The van der Waals surface area contributed by atoms with E-state index in [2.05, 4.69) is 41.4 Å². The molecule has 0 fully saturated rings. The molecule has 2 aromatic carbocycles. The largest absolute Gasteiger partial charge is 0.304 e. The third-order valence-corrected chi connectivity index (χ3v) is 3.44. The van der Waals surface area contributed by atoms with Crippen LogP contribution in [0.5, 0.6) is 0 Å². The number of hydrogen-bond acceptors (Lipinski definition) is 1. The molecule has 4 rings (SSSR count). The molecule has 0 radical (unpaired) electrons. The van der Waals surface area contributed by atoms with Gasteiger partial charge in [0.2, 0.25) is 0 Å². The van der Waals surface area contributed by atoms with E-state index in [1.807, 2.05) is 18.3 Å². The Balaban J connectivity index is 0.000001000. The molecule has 90 valence electrons. The van der Waals surface area contributed by atoms with Crippen molar-refractivity contribution in [3.8, 4) is 11.3 Å². The predicted octanol–water partition coefficient (Wildman–Crippen LogP) is 3.60. The van der Waals surface area contributed by atoms with Gasteiger partial charge < -0.3 is 4.98 Å². The summed E-state index contributed by atoms with van der Waals surface area (Å²) >= 11 is 0. The number of pyridine rings is 1. The number of hydrogen-bond donors (Lipinski definition) is 0. The molecule has 0 atom stereocenters. The van der Waals surface area contributed by atoms with Crippen LogP contribution in [0.4, 0.5) is 0 Å². The molecule has 0 aliphatic heterocycles. The van der Waals surface area contributed by atoms with E-state index < -0.39 is 0 Å². The van der Waals surface area contributed by atoms with Gasteiger partial charge in [0.1, 0.15) is 0 Å². The van der Waals surface area contributed by atoms with Crippen molar-refractivity contribution in [2.24, 2.45) is 0 Å². The van der Waals surface area contributed by atoms with E-state index >= 15 is 0 Å². The van der Waals surface area contributed by atoms with Gasteiger partial charge in [0, 0.05) is 27.3 Å². The van der Waals surface area contributed by atoms with Crippen LogP contribution < -0.4 is 0 Å². The molecule has 1 aliphatic rings. The van der Waals surface area contributed by atoms with Crippen molar-refractivity contribution in [2.45, 2.75) is 6.42 Å². The van der Waals surface area contributed by atoms with Crippen molar-refractivity contribution in [1.82, 2.24) is 4.98 Å². The molecule has 1 heterocycles. The first kappa shape index (κ1) is 11.6. The monoisotopic (exact) mass is 411 g/mol. The summed E-state index contributed by atoms with van der Waals surface area (Å²) in [4.78, 5) is 4.55. The minimum atomic E-state index is 0. The van der Waals surface area contributed by atoms with E-state index in [0.717, 1.165) is 17.7 Å². The molecule has 18 heavy (non-hydrogen) atoms. The average Bonchev–Trinajstić information content (AvgIpc) is 2.39. The summed E-state index contributed by atoms with van der Waals surface area (Å²) in [5, 5.41) is 2.57. The molecule has 0 unspecified atom stereocenters. The predicted molar refractivity (Wildman–Crippen MR) is 68.8 cm³/mol. The molecular weight excluding hydrogens is 401 g/mol. The molecule has 1 nitrogen and oxygen atoms in total. The second-order valence-corrected chi connectivity index (χ2v) is 4.42. The maximum atomic E-state index is 4.55. The Hall–Kier alpha value is -1.46. The third-order valence-electron chi connectivity index (χ3n) is 3.44. The van der Waals surface area contributed by atoms with Gasteiger partial charge >= 0.3 is 0 Å². The first-order valence-electron chi connectivity index (χ1n) is 5.80. The van der Waals surface area contributed by atoms with Crippen molar-refractivity contribution in [3.63, 3.8) is 0 Å². The van der Waals surface area contributed by atoms with Gasteiger partial charge in [-0.1, -0.05) is 23.8 Å². The van der Waals surface area contributed by atoms with Crippen molar-refractivity contribution >= 4 is 10.8 Å². The molecule has 1 aromatic heterocycles. The topological polar surface area (TPSA) is 12.9 Å². The van der Waals surface area contributed by atoms with Gasteiger partial charge in [0.15, 0.2) is 0 Å². The van der Waals surface area contributed by atoms with Crippen LogP contribution >= 0.6 is 0 Å². The molecule has 0 spiro atoms. The van der Waals surface area contributed by atoms with Gasteiger partial charge in [-0.05, 0) is 29.0 Å². The Labute approximate surface area is 120 Å². The molecule has 3 aromatic rings. The second kappa shape index (κ2) is 4.33. The fraction of sp³-hybridized carbons (Fsp3) is 0.0625. The van der Waals surface area contributed by atoms with Crippen molar-refractivity contribution in [1.29, 1.82) is 0 Å². The minimum Gasteiger partial charge on any atom is -0.304 e. The van der Waals surface area contributed by atoms with Crippen molar-refractivity contribution in [2.75, 3.05) is 0 Å². The minimum absolute atomic E-state index is 0. The van der Waals surface area contributed by atoms with Crippen molar-refractivity contribution < 1.29 is 21.1 Å². The van der Waals surface area contributed by atoms with Crippen LogP contribution in [-0.2, 0) is 27.5 Å². The fourth-order valence-electron chi connectivity index (χ4n) is 2.69. The molecule has 0 saturated carbocycles. The number of nitrogens with zero attached hydrogens (tertiary/aromatic N) is 1. The Morgan fingerprint density at radius 1 is 1.00 bits per heavy atom. The van der Waals surface area contributed by atoms with Crippen LogP contribution in [0.25, 0.3) is 22.0 Å². The zero-order valence-electron chi connectivity index (χ0n) is 9.59. The second-order valence-electron chi connectivity index (χ2n) is 4.42. The maximum absolute atomic E-state index is 4.55. The molecule has 0 amide bonds. The standard InChI is InChI=1S/C16H10N.Pt/c1-2-7-14-12(4-1)10-13-6-3-5-11-8-9-17-16(14)15(11)13;/h1-6,8-9H,10H2;/q-1;. The first-order valence-corrected chi connectivity index (χ1v) is 5.80.